The first kappa shape index (κ1) is 23.0. The first-order valence-electron chi connectivity index (χ1n) is 10.7. The molecule has 0 unspecified atom stereocenters. The Balaban J connectivity index is 2.05. The Morgan fingerprint density at radius 1 is 0.769 bits per heavy atom. The lowest BCUT2D eigenvalue weighted by atomic mass is 10.1. The van der Waals surface area contributed by atoms with Gasteiger partial charge in [-0.3, -0.25) is 4.79 Å². The average molecular weight is 380 g/mol. The second-order valence-electron chi connectivity index (χ2n) is 7.28. The standard InChI is InChI=1S/C23H38ClNO/c1-3-5-6-7-8-9-10-11-12-13-14-15-20-25(4-2)23(26)21-16-18-22(24)19-17-21/h16-19H,3-15,20H2,1-2H3. The fourth-order valence-corrected chi connectivity index (χ4v) is 3.45. The van der Waals surface area contributed by atoms with E-state index in [9.17, 15) is 4.79 Å². The molecule has 0 atom stereocenters. The lowest BCUT2D eigenvalue weighted by Crippen LogP contribution is -2.31. The summed E-state index contributed by atoms with van der Waals surface area (Å²) in [5.74, 6) is 0.118. The van der Waals surface area contributed by atoms with Crippen LogP contribution >= 0.6 is 11.6 Å². The van der Waals surface area contributed by atoms with Crippen molar-refractivity contribution in [1.82, 2.24) is 4.90 Å². The number of carbonyl (C=O) groups is 1. The maximum atomic E-state index is 12.5. The number of rotatable bonds is 15. The molecule has 0 bridgehead atoms. The molecule has 2 nitrogen and oxygen atoms in total. The summed E-state index contributed by atoms with van der Waals surface area (Å²) in [6, 6.07) is 7.20. The quantitative estimate of drug-likeness (QED) is 0.289. The van der Waals surface area contributed by atoms with Gasteiger partial charge in [-0.1, -0.05) is 89.2 Å². The Morgan fingerprint density at radius 3 is 1.69 bits per heavy atom. The third-order valence-electron chi connectivity index (χ3n) is 5.04. The zero-order chi connectivity index (χ0) is 19.0. The molecular weight excluding hydrogens is 342 g/mol. The minimum atomic E-state index is 0.118. The average Bonchev–Trinajstić information content (AvgIpc) is 2.66. The van der Waals surface area contributed by atoms with Crippen LogP contribution in [0.1, 0.15) is 101 Å². The van der Waals surface area contributed by atoms with Crippen molar-refractivity contribution in [2.75, 3.05) is 13.1 Å². The lowest BCUT2D eigenvalue weighted by molar-refractivity contribution is 0.0761. The summed E-state index contributed by atoms with van der Waals surface area (Å²) in [5.41, 5.74) is 0.732. The van der Waals surface area contributed by atoms with Crippen LogP contribution in [0.15, 0.2) is 24.3 Å². The van der Waals surface area contributed by atoms with Crippen LogP contribution in [-0.4, -0.2) is 23.9 Å². The smallest absolute Gasteiger partial charge is 0.253 e. The maximum Gasteiger partial charge on any atom is 0.253 e. The van der Waals surface area contributed by atoms with E-state index in [1.165, 1.54) is 70.6 Å². The summed E-state index contributed by atoms with van der Waals surface area (Å²) in [6.45, 7) is 5.94. The van der Waals surface area contributed by atoms with Crippen molar-refractivity contribution in [2.24, 2.45) is 0 Å². The molecule has 0 aliphatic carbocycles. The summed E-state index contributed by atoms with van der Waals surface area (Å²) in [7, 11) is 0. The van der Waals surface area contributed by atoms with Gasteiger partial charge in [0.05, 0.1) is 0 Å². The van der Waals surface area contributed by atoms with Gasteiger partial charge in [-0.05, 0) is 37.6 Å². The molecule has 0 aromatic heterocycles. The number of hydrogen-bond donors (Lipinski definition) is 0. The zero-order valence-corrected chi connectivity index (χ0v) is 17.7. The number of hydrogen-bond acceptors (Lipinski definition) is 1. The van der Waals surface area contributed by atoms with Crippen LogP contribution in [0.2, 0.25) is 5.02 Å². The molecule has 1 amide bonds. The first-order chi connectivity index (χ1) is 12.7. The fraction of sp³-hybridized carbons (Fsp3) is 0.696. The number of amides is 1. The lowest BCUT2D eigenvalue weighted by Gasteiger charge is -2.21. The van der Waals surface area contributed by atoms with Gasteiger partial charge in [-0.25, -0.2) is 0 Å². The number of unbranched alkanes of at least 4 members (excludes halogenated alkanes) is 11. The highest BCUT2D eigenvalue weighted by Gasteiger charge is 2.13. The predicted octanol–water partition coefficient (Wildman–Crippen LogP) is 7.50. The molecule has 0 spiro atoms. The van der Waals surface area contributed by atoms with Crippen LogP contribution in [0.3, 0.4) is 0 Å². The van der Waals surface area contributed by atoms with Gasteiger partial charge in [0.25, 0.3) is 5.91 Å². The number of carbonyl (C=O) groups excluding carboxylic acids is 1. The van der Waals surface area contributed by atoms with E-state index in [1.54, 1.807) is 12.1 Å². The largest absolute Gasteiger partial charge is 0.339 e. The van der Waals surface area contributed by atoms with Crippen LogP contribution < -0.4 is 0 Å². The SMILES string of the molecule is CCCCCCCCCCCCCCN(CC)C(=O)c1ccc(Cl)cc1. The summed E-state index contributed by atoms with van der Waals surface area (Å²) in [4.78, 5) is 14.4. The van der Waals surface area contributed by atoms with Crippen LogP contribution in [0.4, 0.5) is 0 Å². The Labute approximate surface area is 166 Å². The predicted molar refractivity (Wildman–Crippen MR) is 114 cm³/mol. The summed E-state index contributed by atoms with van der Waals surface area (Å²) in [5, 5.41) is 0.672. The molecule has 148 valence electrons. The van der Waals surface area contributed by atoms with Gasteiger partial charge < -0.3 is 4.90 Å². The molecule has 1 rings (SSSR count). The molecule has 1 aromatic rings. The maximum absolute atomic E-state index is 12.5. The molecular formula is C23H38ClNO. The van der Waals surface area contributed by atoms with E-state index in [-0.39, 0.29) is 5.91 Å². The Bertz CT molecular complexity index is 472. The third-order valence-corrected chi connectivity index (χ3v) is 5.29. The molecule has 0 radical (unpaired) electrons. The highest BCUT2D eigenvalue weighted by atomic mass is 35.5. The molecule has 0 aliphatic rings. The number of halogens is 1. The third kappa shape index (κ3) is 10.2. The Kier molecular flexibility index (Phi) is 13.4. The van der Waals surface area contributed by atoms with Crippen molar-refractivity contribution in [2.45, 2.75) is 90.9 Å². The number of nitrogens with zero attached hydrogens (tertiary/aromatic N) is 1. The van der Waals surface area contributed by atoms with Crippen molar-refractivity contribution >= 4 is 17.5 Å². The molecule has 0 saturated heterocycles. The van der Waals surface area contributed by atoms with E-state index in [1.807, 2.05) is 24.0 Å². The van der Waals surface area contributed by atoms with Crippen molar-refractivity contribution < 1.29 is 4.79 Å². The van der Waals surface area contributed by atoms with Gasteiger partial charge in [0.2, 0.25) is 0 Å². The number of benzene rings is 1. The molecule has 0 saturated carbocycles. The van der Waals surface area contributed by atoms with Crippen LogP contribution in [0.5, 0.6) is 0 Å². The van der Waals surface area contributed by atoms with Crippen LogP contribution in [0, 0.1) is 0 Å². The van der Waals surface area contributed by atoms with Gasteiger partial charge in [-0.2, -0.15) is 0 Å². The molecule has 0 N–H and O–H groups in total. The minimum Gasteiger partial charge on any atom is -0.339 e. The van der Waals surface area contributed by atoms with Crippen LogP contribution in [0.25, 0.3) is 0 Å². The van der Waals surface area contributed by atoms with E-state index < -0.39 is 0 Å². The molecule has 0 aliphatic heterocycles. The fourth-order valence-electron chi connectivity index (χ4n) is 3.32. The van der Waals surface area contributed by atoms with Crippen molar-refractivity contribution in [3.05, 3.63) is 34.9 Å². The normalized spacial score (nSPS) is 10.9. The highest BCUT2D eigenvalue weighted by Crippen LogP contribution is 2.14. The van der Waals surface area contributed by atoms with Crippen molar-refractivity contribution in [3.63, 3.8) is 0 Å². The molecule has 1 aromatic carbocycles. The Morgan fingerprint density at radius 2 is 1.23 bits per heavy atom. The van der Waals surface area contributed by atoms with E-state index in [0.717, 1.165) is 25.1 Å². The summed E-state index contributed by atoms with van der Waals surface area (Å²) >= 11 is 5.90. The highest BCUT2D eigenvalue weighted by molar-refractivity contribution is 6.30. The summed E-state index contributed by atoms with van der Waals surface area (Å²) in [6.07, 6.45) is 16.1. The van der Waals surface area contributed by atoms with Gasteiger partial charge in [0.1, 0.15) is 0 Å². The molecule has 3 heteroatoms. The molecule has 26 heavy (non-hydrogen) atoms. The second-order valence-corrected chi connectivity index (χ2v) is 7.72. The Hall–Kier alpha value is -1.02. The summed E-state index contributed by atoms with van der Waals surface area (Å²) < 4.78 is 0. The molecule has 0 fully saturated rings. The van der Waals surface area contributed by atoms with Crippen molar-refractivity contribution in [1.29, 1.82) is 0 Å². The van der Waals surface area contributed by atoms with Crippen LogP contribution in [-0.2, 0) is 0 Å². The topological polar surface area (TPSA) is 20.3 Å². The van der Waals surface area contributed by atoms with Gasteiger partial charge in [-0.15, -0.1) is 0 Å². The van der Waals surface area contributed by atoms with E-state index >= 15 is 0 Å². The van der Waals surface area contributed by atoms with E-state index in [0.29, 0.717) is 5.02 Å². The second kappa shape index (κ2) is 15.1. The molecule has 0 heterocycles. The monoisotopic (exact) mass is 379 g/mol. The van der Waals surface area contributed by atoms with Gasteiger partial charge in [0, 0.05) is 23.7 Å². The zero-order valence-electron chi connectivity index (χ0n) is 16.9. The van der Waals surface area contributed by atoms with E-state index in [4.69, 9.17) is 11.6 Å². The van der Waals surface area contributed by atoms with E-state index in [2.05, 4.69) is 6.92 Å². The first-order valence-corrected chi connectivity index (χ1v) is 11.1. The van der Waals surface area contributed by atoms with Gasteiger partial charge >= 0.3 is 0 Å². The van der Waals surface area contributed by atoms with Gasteiger partial charge in [0.15, 0.2) is 0 Å². The minimum absolute atomic E-state index is 0.118. The van der Waals surface area contributed by atoms with Crippen molar-refractivity contribution in [3.8, 4) is 0 Å².